The quantitative estimate of drug-likeness (QED) is 0.679. The van der Waals surface area contributed by atoms with Crippen LogP contribution < -0.4 is 10.1 Å². The average Bonchev–Trinajstić information content (AvgIpc) is 2.38. The second-order valence-corrected chi connectivity index (χ2v) is 3.89. The van der Waals surface area contributed by atoms with Crippen molar-refractivity contribution in [1.29, 1.82) is 0 Å². The van der Waals surface area contributed by atoms with Crippen molar-refractivity contribution >= 4 is 17.8 Å². The van der Waals surface area contributed by atoms with Crippen molar-refractivity contribution in [2.45, 2.75) is 19.4 Å². The van der Waals surface area contributed by atoms with Crippen LogP contribution in [-0.4, -0.2) is 40.7 Å². The largest absolute Gasteiger partial charge is 0.493 e. The summed E-state index contributed by atoms with van der Waals surface area (Å²) in [6, 6.07) is 4.83. The Balaban J connectivity index is 2.88. The molecule has 0 aliphatic heterocycles. The number of amides is 1. The van der Waals surface area contributed by atoms with Crippen LogP contribution >= 0.6 is 0 Å². The summed E-state index contributed by atoms with van der Waals surface area (Å²) in [5.74, 6) is -3.10. The molecule has 0 saturated carbocycles. The third kappa shape index (κ3) is 4.27. The van der Waals surface area contributed by atoms with Crippen LogP contribution in [-0.2, 0) is 9.59 Å². The number of carbonyl (C=O) groups excluding carboxylic acids is 1. The number of ether oxygens (including phenoxy) is 1. The first kappa shape index (κ1) is 15.5. The number of para-hydroxylation sites is 1. The lowest BCUT2D eigenvalue weighted by atomic mass is 10.1. The molecule has 0 bridgehead atoms. The lowest BCUT2D eigenvalue weighted by molar-refractivity contribution is -0.145. The molecule has 108 valence electrons. The summed E-state index contributed by atoms with van der Waals surface area (Å²) in [5.41, 5.74) is 0.158. The van der Waals surface area contributed by atoms with Crippen LogP contribution in [0.3, 0.4) is 0 Å². The van der Waals surface area contributed by atoms with Gasteiger partial charge in [-0.2, -0.15) is 0 Å². The van der Waals surface area contributed by atoms with Gasteiger partial charge < -0.3 is 20.3 Å². The Morgan fingerprint density at radius 1 is 1.25 bits per heavy atom. The average molecular weight is 281 g/mol. The van der Waals surface area contributed by atoms with E-state index in [2.05, 4.69) is 5.32 Å². The van der Waals surface area contributed by atoms with E-state index >= 15 is 0 Å². The van der Waals surface area contributed by atoms with Crippen LogP contribution in [0.1, 0.15) is 23.7 Å². The van der Waals surface area contributed by atoms with Crippen molar-refractivity contribution in [3.05, 3.63) is 29.8 Å². The van der Waals surface area contributed by atoms with Crippen LogP contribution in [0.15, 0.2) is 24.3 Å². The van der Waals surface area contributed by atoms with Crippen molar-refractivity contribution in [2.75, 3.05) is 6.61 Å². The van der Waals surface area contributed by atoms with Gasteiger partial charge >= 0.3 is 11.9 Å². The minimum Gasteiger partial charge on any atom is -0.493 e. The number of carbonyl (C=O) groups is 3. The van der Waals surface area contributed by atoms with E-state index in [9.17, 15) is 14.4 Å². The molecular weight excluding hydrogens is 266 g/mol. The highest BCUT2D eigenvalue weighted by Crippen LogP contribution is 2.18. The fourth-order valence-corrected chi connectivity index (χ4v) is 1.55. The van der Waals surface area contributed by atoms with Crippen LogP contribution in [0.5, 0.6) is 5.75 Å². The zero-order chi connectivity index (χ0) is 15.1. The first-order chi connectivity index (χ1) is 9.45. The molecule has 0 aliphatic rings. The Labute approximate surface area is 115 Å². The van der Waals surface area contributed by atoms with Gasteiger partial charge in [0.25, 0.3) is 5.91 Å². The van der Waals surface area contributed by atoms with Gasteiger partial charge in [-0.3, -0.25) is 9.59 Å². The minimum atomic E-state index is -1.49. The maximum absolute atomic E-state index is 12.0. The van der Waals surface area contributed by atoms with Gasteiger partial charge in [0, 0.05) is 0 Å². The van der Waals surface area contributed by atoms with Crippen molar-refractivity contribution < 1.29 is 29.3 Å². The zero-order valence-electron chi connectivity index (χ0n) is 10.8. The molecular formula is C13H15NO6. The van der Waals surface area contributed by atoms with Crippen LogP contribution in [0.4, 0.5) is 0 Å². The summed E-state index contributed by atoms with van der Waals surface area (Å²) in [6.07, 6.45) is -0.697. The Morgan fingerprint density at radius 3 is 2.45 bits per heavy atom. The second kappa shape index (κ2) is 7.13. The van der Waals surface area contributed by atoms with E-state index in [4.69, 9.17) is 14.9 Å². The number of carboxylic acid groups (broad SMARTS) is 2. The van der Waals surface area contributed by atoms with Gasteiger partial charge in [-0.05, 0) is 19.1 Å². The first-order valence-corrected chi connectivity index (χ1v) is 5.93. The standard InChI is InChI=1S/C13H15NO6/c1-2-20-10-6-4-3-5-8(10)12(17)14-9(13(18)19)7-11(15)16/h3-6,9H,2,7H2,1H3,(H,14,17)(H,15,16)(H,18,19)/t9-/m1/s1. The van der Waals surface area contributed by atoms with Gasteiger partial charge in [-0.15, -0.1) is 0 Å². The Kier molecular flexibility index (Phi) is 5.52. The van der Waals surface area contributed by atoms with Crippen molar-refractivity contribution in [3.63, 3.8) is 0 Å². The van der Waals surface area contributed by atoms with E-state index in [-0.39, 0.29) is 5.56 Å². The lowest BCUT2D eigenvalue weighted by Gasteiger charge is -2.14. The summed E-state index contributed by atoms with van der Waals surface area (Å²) in [7, 11) is 0. The van der Waals surface area contributed by atoms with Crippen LogP contribution in [0, 0.1) is 0 Å². The van der Waals surface area contributed by atoms with Gasteiger partial charge in [0.1, 0.15) is 11.8 Å². The minimum absolute atomic E-state index is 0.158. The van der Waals surface area contributed by atoms with E-state index in [0.717, 1.165) is 0 Å². The smallest absolute Gasteiger partial charge is 0.326 e. The lowest BCUT2D eigenvalue weighted by Crippen LogP contribution is -2.42. The van der Waals surface area contributed by atoms with Crippen LogP contribution in [0.2, 0.25) is 0 Å². The molecule has 1 atom stereocenters. The summed E-state index contributed by atoms with van der Waals surface area (Å²) in [6.45, 7) is 2.10. The summed E-state index contributed by atoms with van der Waals surface area (Å²) in [4.78, 5) is 33.5. The molecule has 1 rings (SSSR count). The predicted molar refractivity (Wildman–Crippen MR) is 68.8 cm³/mol. The fourth-order valence-electron chi connectivity index (χ4n) is 1.55. The summed E-state index contributed by atoms with van der Waals surface area (Å²) < 4.78 is 5.26. The van der Waals surface area contributed by atoms with Gasteiger partial charge in [0.05, 0.1) is 18.6 Å². The van der Waals surface area contributed by atoms with E-state index in [1.54, 1.807) is 25.1 Å². The monoisotopic (exact) mass is 281 g/mol. The number of rotatable bonds is 7. The molecule has 0 saturated heterocycles. The zero-order valence-corrected chi connectivity index (χ0v) is 10.8. The van der Waals surface area contributed by atoms with Gasteiger partial charge in [-0.1, -0.05) is 12.1 Å². The van der Waals surface area contributed by atoms with Gasteiger partial charge in [0.15, 0.2) is 0 Å². The first-order valence-electron chi connectivity index (χ1n) is 5.93. The Hall–Kier alpha value is -2.57. The maximum atomic E-state index is 12.0. The Bertz CT molecular complexity index is 513. The second-order valence-electron chi connectivity index (χ2n) is 3.89. The maximum Gasteiger partial charge on any atom is 0.326 e. The number of nitrogens with one attached hydrogen (secondary N) is 1. The molecule has 3 N–H and O–H groups in total. The summed E-state index contributed by atoms with van der Waals surface area (Å²) in [5, 5.41) is 19.7. The molecule has 7 nitrogen and oxygen atoms in total. The van der Waals surface area contributed by atoms with E-state index in [0.29, 0.717) is 12.4 Å². The van der Waals surface area contributed by atoms with E-state index in [1.165, 1.54) is 6.07 Å². The highest BCUT2D eigenvalue weighted by molar-refractivity contribution is 5.99. The number of aliphatic carboxylic acids is 2. The van der Waals surface area contributed by atoms with Crippen LogP contribution in [0.25, 0.3) is 0 Å². The normalized spacial score (nSPS) is 11.4. The molecule has 0 heterocycles. The highest BCUT2D eigenvalue weighted by atomic mass is 16.5. The van der Waals surface area contributed by atoms with E-state index in [1.807, 2.05) is 0 Å². The van der Waals surface area contributed by atoms with Crippen molar-refractivity contribution in [2.24, 2.45) is 0 Å². The number of hydrogen-bond acceptors (Lipinski definition) is 4. The SMILES string of the molecule is CCOc1ccccc1C(=O)N[C@H](CC(=O)O)C(=O)O. The molecule has 0 radical (unpaired) electrons. The number of hydrogen-bond donors (Lipinski definition) is 3. The third-order valence-electron chi connectivity index (χ3n) is 2.41. The molecule has 1 amide bonds. The van der Waals surface area contributed by atoms with Gasteiger partial charge in [0.2, 0.25) is 0 Å². The topological polar surface area (TPSA) is 113 Å². The molecule has 0 aromatic heterocycles. The molecule has 0 spiro atoms. The molecule has 1 aromatic rings. The fraction of sp³-hybridized carbons (Fsp3) is 0.308. The molecule has 20 heavy (non-hydrogen) atoms. The molecule has 0 aliphatic carbocycles. The third-order valence-corrected chi connectivity index (χ3v) is 2.41. The Morgan fingerprint density at radius 2 is 1.90 bits per heavy atom. The van der Waals surface area contributed by atoms with Crippen molar-refractivity contribution in [1.82, 2.24) is 5.32 Å². The van der Waals surface area contributed by atoms with Crippen molar-refractivity contribution in [3.8, 4) is 5.75 Å². The molecule has 1 aromatic carbocycles. The van der Waals surface area contributed by atoms with E-state index < -0.39 is 30.3 Å². The number of carboxylic acids is 2. The highest BCUT2D eigenvalue weighted by Gasteiger charge is 2.24. The number of benzene rings is 1. The predicted octanol–water partition coefficient (Wildman–Crippen LogP) is 0.743. The van der Waals surface area contributed by atoms with Gasteiger partial charge in [-0.25, -0.2) is 4.79 Å². The summed E-state index contributed by atoms with van der Waals surface area (Å²) >= 11 is 0. The molecule has 0 unspecified atom stereocenters. The molecule has 0 fully saturated rings. The molecule has 7 heteroatoms.